The molecule has 4 saturated carbocycles. The Labute approximate surface area is 124 Å². The van der Waals surface area contributed by atoms with Gasteiger partial charge in [-0.05, 0) is 68.6 Å². The summed E-state index contributed by atoms with van der Waals surface area (Å²) < 4.78 is 6.48. The lowest BCUT2D eigenvalue weighted by atomic mass is 9.49. The van der Waals surface area contributed by atoms with Gasteiger partial charge >= 0.3 is 0 Å². The first-order valence-electron chi connectivity index (χ1n) is 8.77. The number of ether oxygens (including phenoxy) is 1. The lowest BCUT2D eigenvalue weighted by Crippen LogP contribution is -2.60. The average molecular weight is 280 g/mol. The van der Waals surface area contributed by atoms with Gasteiger partial charge in [-0.25, -0.2) is 0 Å². The van der Waals surface area contributed by atoms with Crippen LogP contribution in [0.25, 0.3) is 0 Å². The fourth-order valence-electron chi connectivity index (χ4n) is 5.38. The van der Waals surface area contributed by atoms with Crippen molar-refractivity contribution < 1.29 is 9.84 Å². The van der Waals surface area contributed by atoms with E-state index in [1.165, 1.54) is 32.1 Å². The van der Waals surface area contributed by atoms with Crippen LogP contribution in [0.15, 0.2) is 0 Å². The molecule has 2 heteroatoms. The molecular formula is C18H32O2. The Kier molecular flexibility index (Phi) is 3.70. The van der Waals surface area contributed by atoms with Crippen LogP contribution in [0.5, 0.6) is 0 Å². The summed E-state index contributed by atoms with van der Waals surface area (Å²) in [6, 6.07) is 0. The second-order valence-electron chi connectivity index (χ2n) is 8.43. The molecule has 116 valence electrons. The van der Waals surface area contributed by atoms with E-state index in [2.05, 4.69) is 27.7 Å². The number of hydrogen-bond acceptors (Lipinski definition) is 2. The summed E-state index contributed by atoms with van der Waals surface area (Å²) in [7, 11) is 0. The lowest BCUT2D eigenvalue weighted by Gasteiger charge is -2.61. The molecular weight excluding hydrogens is 248 g/mol. The van der Waals surface area contributed by atoms with Crippen LogP contribution in [0.4, 0.5) is 0 Å². The average Bonchev–Trinajstić information content (AvgIpc) is 2.42. The van der Waals surface area contributed by atoms with Crippen LogP contribution in [0.2, 0.25) is 0 Å². The molecule has 0 aromatic carbocycles. The summed E-state index contributed by atoms with van der Waals surface area (Å²) in [5.74, 6) is 3.31. The molecule has 0 radical (unpaired) electrons. The van der Waals surface area contributed by atoms with Gasteiger partial charge in [0.05, 0.1) is 5.60 Å². The molecule has 0 aliphatic heterocycles. The summed E-state index contributed by atoms with van der Waals surface area (Å²) in [6.07, 6.45) is 8.26. The van der Waals surface area contributed by atoms with Crippen LogP contribution in [-0.2, 0) is 4.74 Å². The summed E-state index contributed by atoms with van der Waals surface area (Å²) in [5, 5.41) is 10.6. The van der Waals surface area contributed by atoms with Gasteiger partial charge in [-0.1, -0.05) is 27.7 Å². The molecule has 20 heavy (non-hydrogen) atoms. The number of aliphatic hydroxyl groups is 1. The summed E-state index contributed by atoms with van der Waals surface area (Å²) in [5.41, 5.74) is -0.171. The van der Waals surface area contributed by atoms with Gasteiger partial charge < -0.3 is 9.84 Å². The van der Waals surface area contributed by atoms with Crippen molar-refractivity contribution in [3.8, 4) is 0 Å². The predicted molar refractivity (Wildman–Crippen MR) is 81.2 cm³/mol. The zero-order chi connectivity index (χ0) is 14.5. The van der Waals surface area contributed by atoms with Gasteiger partial charge in [0, 0.05) is 5.41 Å². The molecule has 0 saturated heterocycles. The Morgan fingerprint density at radius 3 is 1.95 bits per heavy atom. The van der Waals surface area contributed by atoms with E-state index in [0.717, 1.165) is 24.7 Å². The second-order valence-corrected chi connectivity index (χ2v) is 8.43. The molecule has 1 unspecified atom stereocenters. The van der Waals surface area contributed by atoms with E-state index in [-0.39, 0.29) is 11.0 Å². The highest BCUT2D eigenvalue weighted by molar-refractivity contribution is 5.07. The second kappa shape index (κ2) is 4.98. The Morgan fingerprint density at radius 2 is 1.55 bits per heavy atom. The third kappa shape index (κ3) is 2.14. The van der Waals surface area contributed by atoms with Crippen LogP contribution >= 0.6 is 0 Å². The minimum absolute atomic E-state index is 0.0285. The van der Waals surface area contributed by atoms with E-state index in [9.17, 15) is 5.11 Å². The highest BCUT2D eigenvalue weighted by Gasteiger charge is 2.58. The molecule has 4 fully saturated rings. The van der Waals surface area contributed by atoms with Crippen LogP contribution < -0.4 is 0 Å². The van der Waals surface area contributed by atoms with E-state index < -0.39 is 6.29 Å². The molecule has 0 amide bonds. The number of hydrogen-bond donors (Lipinski definition) is 1. The van der Waals surface area contributed by atoms with Crippen molar-refractivity contribution in [1.29, 1.82) is 0 Å². The SMILES string of the molecule is CCC(C)(C)C(O)OC1(CC)C2CC3CC(C2)CC1C3. The fraction of sp³-hybridized carbons (Fsp3) is 1.00. The first kappa shape index (κ1) is 14.8. The predicted octanol–water partition coefficient (Wildman–Crippen LogP) is 4.36. The van der Waals surface area contributed by atoms with E-state index in [4.69, 9.17) is 4.74 Å². The van der Waals surface area contributed by atoms with Gasteiger partial charge in [-0.3, -0.25) is 0 Å². The highest BCUT2D eigenvalue weighted by atomic mass is 16.6. The van der Waals surface area contributed by atoms with Crippen LogP contribution in [-0.4, -0.2) is 17.0 Å². The number of aliphatic hydroxyl groups excluding tert-OH is 1. The summed E-state index contributed by atoms with van der Waals surface area (Å²) >= 11 is 0. The Bertz CT molecular complexity index is 332. The normalized spacial score (nSPS) is 44.9. The Balaban J connectivity index is 1.81. The van der Waals surface area contributed by atoms with Crippen molar-refractivity contribution in [2.24, 2.45) is 29.1 Å². The van der Waals surface area contributed by atoms with Gasteiger partial charge in [0.15, 0.2) is 6.29 Å². The van der Waals surface area contributed by atoms with Crippen LogP contribution in [0, 0.1) is 29.1 Å². The fourth-order valence-corrected chi connectivity index (χ4v) is 5.38. The first-order chi connectivity index (χ1) is 9.41. The maximum absolute atomic E-state index is 10.6. The maximum Gasteiger partial charge on any atom is 0.160 e. The van der Waals surface area contributed by atoms with Gasteiger partial charge in [-0.2, -0.15) is 0 Å². The minimum Gasteiger partial charge on any atom is -0.367 e. The third-order valence-electron chi connectivity index (χ3n) is 6.98. The van der Waals surface area contributed by atoms with Crippen molar-refractivity contribution in [2.45, 2.75) is 84.5 Å². The summed E-state index contributed by atoms with van der Waals surface area (Å²) in [6.45, 7) is 8.66. The molecule has 0 spiro atoms. The van der Waals surface area contributed by atoms with Crippen molar-refractivity contribution in [1.82, 2.24) is 0 Å². The van der Waals surface area contributed by atoms with E-state index >= 15 is 0 Å². The third-order valence-corrected chi connectivity index (χ3v) is 6.98. The Hall–Kier alpha value is -0.0800. The summed E-state index contributed by atoms with van der Waals surface area (Å²) in [4.78, 5) is 0. The Morgan fingerprint density at radius 1 is 1.05 bits per heavy atom. The molecule has 0 heterocycles. The molecule has 1 N–H and O–H groups in total. The van der Waals surface area contributed by atoms with Gasteiger partial charge in [-0.15, -0.1) is 0 Å². The van der Waals surface area contributed by atoms with Gasteiger partial charge in [0.2, 0.25) is 0 Å². The smallest absolute Gasteiger partial charge is 0.160 e. The van der Waals surface area contributed by atoms with Gasteiger partial charge in [0.1, 0.15) is 0 Å². The van der Waals surface area contributed by atoms with Gasteiger partial charge in [0.25, 0.3) is 0 Å². The van der Waals surface area contributed by atoms with Crippen LogP contribution in [0.3, 0.4) is 0 Å². The standard InChI is InChI=1S/C18H32O2/c1-5-17(3,4)16(19)20-18(6-2)14-8-12-7-13(10-14)11-15(18)9-12/h12-16,19H,5-11H2,1-4H3. The monoisotopic (exact) mass is 280 g/mol. The van der Waals surface area contributed by atoms with Crippen molar-refractivity contribution in [3.05, 3.63) is 0 Å². The lowest BCUT2D eigenvalue weighted by molar-refractivity contribution is -0.296. The molecule has 0 aromatic rings. The topological polar surface area (TPSA) is 29.5 Å². The van der Waals surface area contributed by atoms with Crippen molar-refractivity contribution in [2.75, 3.05) is 0 Å². The number of rotatable bonds is 5. The molecule has 2 nitrogen and oxygen atoms in total. The molecule has 1 atom stereocenters. The molecule has 4 aliphatic carbocycles. The zero-order valence-corrected chi connectivity index (χ0v) is 13.7. The van der Waals surface area contributed by atoms with Crippen molar-refractivity contribution >= 4 is 0 Å². The van der Waals surface area contributed by atoms with Crippen molar-refractivity contribution in [3.63, 3.8) is 0 Å². The maximum atomic E-state index is 10.6. The molecule has 4 aliphatic rings. The van der Waals surface area contributed by atoms with Crippen LogP contribution in [0.1, 0.15) is 72.6 Å². The molecule has 4 bridgehead atoms. The van der Waals surface area contributed by atoms with E-state index in [1.807, 2.05) is 0 Å². The largest absolute Gasteiger partial charge is 0.367 e. The van der Waals surface area contributed by atoms with E-state index in [0.29, 0.717) is 11.8 Å². The quantitative estimate of drug-likeness (QED) is 0.758. The first-order valence-corrected chi connectivity index (χ1v) is 8.77. The highest BCUT2D eigenvalue weighted by Crippen LogP contribution is 2.61. The molecule has 0 aromatic heterocycles. The minimum atomic E-state index is -0.620. The molecule has 4 rings (SSSR count). The zero-order valence-electron chi connectivity index (χ0n) is 13.7. The van der Waals surface area contributed by atoms with E-state index in [1.54, 1.807) is 0 Å².